The zero-order valence-electron chi connectivity index (χ0n) is 8.32. The molecule has 0 radical (unpaired) electrons. The van der Waals surface area contributed by atoms with Gasteiger partial charge in [-0.15, -0.1) is 0 Å². The van der Waals surface area contributed by atoms with Crippen molar-refractivity contribution in [1.29, 1.82) is 0 Å². The molecule has 0 aliphatic carbocycles. The highest BCUT2D eigenvalue weighted by Gasteiger charge is 2.16. The van der Waals surface area contributed by atoms with E-state index in [4.69, 9.17) is 4.74 Å². The second kappa shape index (κ2) is 4.90. The Hall–Kier alpha value is -1.40. The van der Waals surface area contributed by atoms with E-state index in [0.717, 1.165) is 13.2 Å². The van der Waals surface area contributed by atoms with E-state index in [1.54, 1.807) is 12.4 Å². The molecule has 1 fully saturated rings. The summed E-state index contributed by atoms with van der Waals surface area (Å²) in [5, 5.41) is 12.3. The van der Waals surface area contributed by atoms with E-state index >= 15 is 0 Å². The summed E-state index contributed by atoms with van der Waals surface area (Å²) in [6.07, 6.45) is 3.64. The van der Waals surface area contributed by atoms with Crippen molar-refractivity contribution >= 4 is 11.6 Å². The molecule has 0 bridgehead atoms. The third kappa shape index (κ3) is 3.03. The third-order valence-corrected chi connectivity index (χ3v) is 2.21. The number of H-pyrrole nitrogens is 1. The van der Waals surface area contributed by atoms with Crippen LogP contribution in [-0.4, -0.2) is 41.9 Å². The van der Waals surface area contributed by atoms with Crippen molar-refractivity contribution in [3.8, 4) is 0 Å². The van der Waals surface area contributed by atoms with E-state index in [2.05, 4.69) is 20.8 Å². The Morgan fingerprint density at radius 2 is 2.67 bits per heavy atom. The van der Waals surface area contributed by atoms with Crippen LogP contribution in [0.1, 0.15) is 6.42 Å². The number of carbonyl (C=O) groups is 1. The monoisotopic (exact) mass is 210 g/mol. The third-order valence-electron chi connectivity index (χ3n) is 2.21. The fourth-order valence-electron chi connectivity index (χ4n) is 1.51. The first-order valence-corrected chi connectivity index (χ1v) is 4.94. The van der Waals surface area contributed by atoms with E-state index < -0.39 is 0 Å². The van der Waals surface area contributed by atoms with Crippen molar-refractivity contribution in [2.45, 2.75) is 12.5 Å². The highest BCUT2D eigenvalue weighted by atomic mass is 16.5. The molecular formula is C9H14N4O2. The summed E-state index contributed by atoms with van der Waals surface area (Å²) < 4.78 is 5.26. The zero-order chi connectivity index (χ0) is 10.5. The number of anilines is 1. The minimum Gasteiger partial charge on any atom is -0.378 e. The van der Waals surface area contributed by atoms with Crippen molar-refractivity contribution in [3.63, 3.8) is 0 Å². The van der Waals surface area contributed by atoms with Gasteiger partial charge in [0.05, 0.1) is 25.1 Å². The molecule has 0 saturated carbocycles. The Morgan fingerprint density at radius 1 is 1.73 bits per heavy atom. The van der Waals surface area contributed by atoms with Gasteiger partial charge in [-0.3, -0.25) is 9.89 Å². The second-order valence-electron chi connectivity index (χ2n) is 3.47. The Labute approximate surface area is 87.4 Å². The van der Waals surface area contributed by atoms with Crippen LogP contribution in [0.4, 0.5) is 5.69 Å². The summed E-state index contributed by atoms with van der Waals surface area (Å²) >= 11 is 0. The SMILES string of the molecule is O=C(CC1COCCN1)Nc1cn[nH]c1. The molecule has 1 unspecified atom stereocenters. The number of nitrogens with one attached hydrogen (secondary N) is 3. The molecular weight excluding hydrogens is 196 g/mol. The number of rotatable bonds is 3. The fourth-order valence-corrected chi connectivity index (χ4v) is 1.51. The van der Waals surface area contributed by atoms with E-state index in [0.29, 0.717) is 18.7 Å². The summed E-state index contributed by atoms with van der Waals surface area (Å²) in [4.78, 5) is 11.5. The number of nitrogens with zero attached hydrogens (tertiary/aromatic N) is 1. The van der Waals surface area contributed by atoms with Gasteiger partial charge in [-0.1, -0.05) is 0 Å². The molecule has 0 aromatic carbocycles. The quantitative estimate of drug-likeness (QED) is 0.641. The van der Waals surface area contributed by atoms with Gasteiger partial charge in [-0.2, -0.15) is 5.10 Å². The van der Waals surface area contributed by atoms with Gasteiger partial charge in [0, 0.05) is 25.2 Å². The van der Waals surface area contributed by atoms with Crippen LogP contribution in [0.5, 0.6) is 0 Å². The number of hydrogen-bond donors (Lipinski definition) is 3. The van der Waals surface area contributed by atoms with Crippen LogP contribution in [0.15, 0.2) is 12.4 Å². The lowest BCUT2D eigenvalue weighted by Gasteiger charge is -2.22. The molecule has 1 aliphatic rings. The predicted molar refractivity (Wildman–Crippen MR) is 54.4 cm³/mol. The number of morpholine rings is 1. The molecule has 6 nitrogen and oxygen atoms in total. The van der Waals surface area contributed by atoms with Crippen LogP contribution >= 0.6 is 0 Å². The van der Waals surface area contributed by atoms with Gasteiger partial charge < -0.3 is 15.4 Å². The van der Waals surface area contributed by atoms with E-state index in [1.165, 1.54) is 0 Å². The van der Waals surface area contributed by atoms with Gasteiger partial charge in [0.25, 0.3) is 0 Å². The van der Waals surface area contributed by atoms with Crippen molar-refractivity contribution in [2.24, 2.45) is 0 Å². The van der Waals surface area contributed by atoms with Gasteiger partial charge in [0.15, 0.2) is 0 Å². The van der Waals surface area contributed by atoms with Gasteiger partial charge in [0.2, 0.25) is 5.91 Å². The maximum absolute atomic E-state index is 11.5. The molecule has 2 heterocycles. The normalized spacial score (nSPS) is 21.2. The average Bonchev–Trinajstić information content (AvgIpc) is 2.71. The lowest BCUT2D eigenvalue weighted by Crippen LogP contribution is -2.43. The van der Waals surface area contributed by atoms with Crippen LogP contribution in [-0.2, 0) is 9.53 Å². The van der Waals surface area contributed by atoms with E-state index in [9.17, 15) is 4.79 Å². The number of amides is 1. The van der Waals surface area contributed by atoms with Crippen LogP contribution in [0.2, 0.25) is 0 Å². The van der Waals surface area contributed by atoms with Crippen LogP contribution in [0.3, 0.4) is 0 Å². The first-order valence-electron chi connectivity index (χ1n) is 4.94. The second-order valence-corrected chi connectivity index (χ2v) is 3.47. The molecule has 1 aromatic rings. The van der Waals surface area contributed by atoms with Crippen LogP contribution < -0.4 is 10.6 Å². The molecule has 1 atom stereocenters. The van der Waals surface area contributed by atoms with Gasteiger partial charge in [-0.25, -0.2) is 0 Å². The summed E-state index contributed by atoms with van der Waals surface area (Å²) in [5.74, 6) is -0.0283. The molecule has 15 heavy (non-hydrogen) atoms. The molecule has 1 amide bonds. The maximum Gasteiger partial charge on any atom is 0.226 e. The zero-order valence-corrected chi connectivity index (χ0v) is 8.32. The number of carbonyl (C=O) groups excluding carboxylic acids is 1. The van der Waals surface area contributed by atoms with E-state index in [1.807, 2.05) is 0 Å². The lowest BCUT2D eigenvalue weighted by atomic mass is 10.2. The van der Waals surface area contributed by atoms with Gasteiger partial charge in [-0.05, 0) is 0 Å². The first-order chi connectivity index (χ1) is 7.34. The van der Waals surface area contributed by atoms with Crippen molar-refractivity contribution < 1.29 is 9.53 Å². The van der Waals surface area contributed by atoms with Crippen LogP contribution in [0.25, 0.3) is 0 Å². The standard InChI is InChI=1S/C9H14N4O2/c14-9(13-8-4-11-12-5-8)3-7-6-15-2-1-10-7/h4-5,7,10H,1-3,6H2,(H,11,12)(H,13,14). The fraction of sp³-hybridized carbons (Fsp3) is 0.556. The number of hydrogen-bond acceptors (Lipinski definition) is 4. The highest BCUT2D eigenvalue weighted by Crippen LogP contribution is 2.04. The first kappa shape index (κ1) is 10.1. The maximum atomic E-state index is 11.5. The molecule has 1 aromatic heterocycles. The topological polar surface area (TPSA) is 79.0 Å². The van der Waals surface area contributed by atoms with Crippen molar-refractivity contribution in [1.82, 2.24) is 15.5 Å². The Morgan fingerprint density at radius 3 is 3.33 bits per heavy atom. The summed E-state index contributed by atoms with van der Waals surface area (Å²) in [6.45, 7) is 2.13. The lowest BCUT2D eigenvalue weighted by molar-refractivity contribution is -0.117. The number of aromatic amines is 1. The number of ether oxygens (including phenoxy) is 1. The molecule has 3 N–H and O–H groups in total. The minimum absolute atomic E-state index is 0.0283. The molecule has 1 aliphatic heterocycles. The molecule has 6 heteroatoms. The smallest absolute Gasteiger partial charge is 0.226 e. The largest absolute Gasteiger partial charge is 0.378 e. The molecule has 82 valence electrons. The number of aromatic nitrogens is 2. The average molecular weight is 210 g/mol. The molecule has 1 saturated heterocycles. The Kier molecular flexibility index (Phi) is 3.31. The molecule has 0 spiro atoms. The minimum atomic E-state index is -0.0283. The van der Waals surface area contributed by atoms with E-state index in [-0.39, 0.29) is 11.9 Å². The Bertz CT molecular complexity index is 306. The van der Waals surface area contributed by atoms with Gasteiger partial charge in [0.1, 0.15) is 0 Å². The van der Waals surface area contributed by atoms with Crippen molar-refractivity contribution in [2.75, 3.05) is 25.1 Å². The highest BCUT2D eigenvalue weighted by molar-refractivity contribution is 5.90. The van der Waals surface area contributed by atoms with Crippen molar-refractivity contribution in [3.05, 3.63) is 12.4 Å². The van der Waals surface area contributed by atoms with Crippen LogP contribution in [0, 0.1) is 0 Å². The summed E-state index contributed by atoms with van der Waals surface area (Å²) in [5.41, 5.74) is 0.691. The Balaban J connectivity index is 1.76. The summed E-state index contributed by atoms with van der Waals surface area (Å²) in [6, 6.07) is 0.116. The molecule has 2 rings (SSSR count). The summed E-state index contributed by atoms with van der Waals surface area (Å²) in [7, 11) is 0. The van der Waals surface area contributed by atoms with Gasteiger partial charge >= 0.3 is 0 Å². The predicted octanol–water partition coefficient (Wildman–Crippen LogP) is -0.273.